The summed E-state index contributed by atoms with van der Waals surface area (Å²) in [5.74, 6) is -0.907. The van der Waals surface area contributed by atoms with Gasteiger partial charge in [0.2, 0.25) is 5.95 Å². The summed E-state index contributed by atoms with van der Waals surface area (Å²) < 4.78 is 12.9. The molecule has 0 atom stereocenters. The van der Waals surface area contributed by atoms with Gasteiger partial charge in [-0.1, -0.05) is 19.4 Å². The Morgan fingerprint density at radius 2 is 2.29 bits per heavy atom. The van der Waals surface area contributed by atoms with E-state index in [0.717, 1.165) is 6.42 Å². The first-order valence-corrected chi connectivity index (χ1v) is 6.06. The molecule has 4 heteroatoms. The van der Waals surface area contributed by atoms with Gasteiger partial charge in [0.15, 0.2) is 0 Å². The zero-order chi connectivity index (χ0) is 12.3. The smallest absolute Gasteiger partial charge is 0.270 e. The third-order valence-electron chi connectivity index (χ3n) is 3.74. The highest BCUT2D eigenvalue weighted by molar-refractivity contribution is 5.92. The van der Waals surface area contributed by atoms with Crippen molar-refractivity contribution in [2.45, 2.75) is 32.6 Å². The van der Waals surface area contributed by atoms with Crippen molar-refractivity contribution < 1.29 is 9.18 Å². The van der Waals surface area contributed by atoms with Crippen LogP contribution in [0.3, 0.4) is 0 Å². The lowest BCUT2D eigenvalue weighted by molar-refractivity contribution is 0.0844. The minimum Gasteiger partial charge on any atom is -0.350 e. The first-order chi connectivity index (χ1) is 8.15. The molecular weight excluding hydrogens is 219 g/mol. The predicted octanol–water partition coefficient (Wildman–Crippen LogP) is 2.53. The van der Waals surface area contributed by atoms with Crippen molar-refractivity contribution in [3.05, 3.63) is 29.8 Å². The summed E-state index contributed by atoms with van der Waals surface area (Å²) in [7, 11) is 0. The Bertz CT molecular complexity index is 410. The second-order valence-electron chi connectivity index (χ2n) is 4.74. The van der Waals surface area contributed by atoms with E-state index in [2.05, 4.69) is 17.2 Å². The minimum atomic E-state index is -0.619. The van der Waals surface area contributed by atoms with Gasteiger partial charge in [0.1, 0.15) is 5.69 Å². The molecule has 0 spiro atoms. The normalized spacial score (nSPS) is 17.3. The maximum absolute atomic E-state index is 12.9. The molecule has 0 aromatic carbocycles. The van der Waals surface area contributed by atoms with Crippen LogP contribution in [-0.2, 0) is 0 Å². The van der Waals surface area contributed by atoms with E-state index < -0.39 is 5.95 Å². The average molecular weight is 236 g/mol. The molecule has 92 valence electrons. The molecule has 3 nitrogen and oxygen atoms in total. The molecule has 1 amide bonds. The zero-order valence-electron chi connectivity index (χ0n) is 10.0. The number of pyridine rings is 1. The average Bonchev–Trinajstić information content (AvgIpc) is 2.28. The van der Waals surface area contributed by atoms with E-state index in [1.165, 1.54) is 37.5 Å². The summed E-state index contributed by atoms with van der Waals surface area (Å²) in [5.41, 5.74) is 0.416. The standard InChI is InChI=1S/C13H17FN2O/c1-2-13(7-4-8-13)9-15-12(17)10-5-3-6-11(14)16-10/h3,5-6H,2,4,7-9H2,1H3,(H,15,17). The Kier molecular flexibility index (Phi) is 3.41. The maximum atomic E-state index is 12.9. The largest absolute Gasteiger partial charge is 0.350 e. The van der Waals surface area contributed by atoms with Crippen LogP contribution < -0.4 is 5.32 Å². The summed E-state index contributed by atoms with van der Waals surface area (Å²) in [6.07, 6.45) is 4.65. The van der Waals surface area contributed by atoms with Gasteiger partial charge in [-0.2, -0.15) is 4.39 Å². The topological polar surface area (TPSA) is 42.0 Å². The lowest BCUT2D eigenvalue weighted by Gasteiger charge is -2.41. The van der Waals surface area contributed by atoms with Gasteiger partial charge in [-0.3, -0.25) is 4.79 Å². The lowest BCUT2D eigenvalue weighted by Crippen LogP contribution is -2.41. The van der Waals surface area contributed by atoms with Crippen LogP contribution in [0.1, 0.15) is 43.1 Å². The lowest BCUT2D eigenvalue weighted by atomic mass is 9.67. The fourth-order valence-electron chi connectivity index (χ4n) is 2.23. The van der Waals surface area contributed by atoms with Crippen molar-refractivity contribution in [3.63, 3.8) is 0 Å². The van der Waals surface area contributed by atoms with Crippen molar-refractivity contribution >= 4 is 5.91 Å². The Balaban J connectivity index is 1.93. The number of nitrogens with zero attached hydrogens (tertiary/aromatic N) is 1. The number of amides is 1. The number of carbonyl (C=O) groups excluding carboxylic acids is 1. The van der Waals surface area contributed by atoms with Crippen molar-refractivity contribution in [1.82, 2.24) is 10.3 Å². The van der Waals surface area contributed by atoms with Crippen LogP contribution in [0.2, 0.25) is 0 Å². The first-order valence-electron chi connectivity index (χ1n) is 6.06. The van der Waals surface area contributed by atoms with Gasteiger partial charge in [0.25, 0.3) is 5.91 Å². The maximum Gasteiger partial charge on any atom is 0.270 e. The van der Waals surface area contributed by atoms with E-state index >= 15 is 0 Å². The highest BCUT2D eigenvalue weighted by atomic mass is 19.1. The second-order valence-corrected chi connectivity index (χ2v) is 4.74. The molecule has 0 radical (unpaired) electrons. The van der Waals surface area contributed by atoms with Gasteiger partial charge < -0.3 is 5.32 Å². The molecule has 1 heterocycles. The number of hydrogen-bond donors (Lipinski definition) is 1. The molecular formula is C13H17FN2O. The Labute approximate surface area is 100 Å². The van der Waals surface area contributed by atoms with Crippen molar-refractivity contribution in [2.24, 2.45) is 5.41 Å². The molecule has 0 saturated heterocycles. The molecule has 0 bridgehead atoms. The predicted molar refractivity (Wildman–Crippen MR) is 63.1 cm³/mol. The Morgan fingerprint density at radius 3 is 2.82 bits per heavy atom. The second kappa shape index (κ2) is 4.82. The van der Waals surface area contributed by atoms with Crippen LogP contribution in [0.4, 0.5) is 4.39 Å². The summed E-state index contributed by atoms with van der Waals surface area (Å²) in [6, 6.07) is 4.25. The molecule has 1 aliphatic rings. The van der Waals surface area contributed by atoms with E-state index in [-0.39, 0.29) is 17.0 Å². The highest BCUT2D eigenvalue weighted by Crippen LogP contribution is 2.43. The molecule has 1 aliphatic carbocycles. The van der Waals surface area contributed by atoms with E-state index in [9.17, 15) is 9.18 Å². The highest BCUT2D eigenvalue weighted by Gasteiger charge is 2.35. The number of aromatic nitrogens is 1. The fourth-order valence-corrected chi connectivity index (χ4v) is 2.23. The van der Waals surface area contributed by atoms with Crippen molar-refractivity contribution in [1.29, 1.82) is 0 Å². The Hall–Kier alpha value is -1.45. The van der Waals surface area contributed by atoms with E-state index in [0.29, 0.717) is 6.54 Å². The number of rotatable bonds is 4. The van der Waals surface area contributed by atoms with Crippen LogP contribution in [-0.4, -0.2) is 17.4 Å². The van der Waals surface area contributed by atoms with Gasteiger partial charge in [-0.15, -0.1) is 0 Å². The number of halogens is 1. The molecule has 1 aromatic heterocycles. The number of carbonyl (C=O) groups is 1. The molecule has 17 heavy (non-hydrogen) atoms. The summed E-state index contributed by atoms with van der Waals surface area (Å²) in [4.78, 5) is 15.3. The molecule has 2 rings (SSSR count). The van der Waals surface area contributed by atoms with E-state index in [4.69, 9.17) is 0 Å². The van der Waals surface area contributed by atoms with Gasteiger partial charge in [-0.05, 0) is 36.8 Å². The monoisotopic (exact) mass is 236 g/mol. The van der Waals surface area contributed by atoms with E-state index in [1.54, 1.807) is 0 Å². The molecule has 1 N–H and O–H groups in total. The van der Waals surface area contributed by atoms with Gasteiger partial charge in [0.05, 0.1) is 0 Å². The van der Waals surface area contributed by atoms with Gasteiger partial charge in [-0.25, -0.2) is 4.98 Å². The Morgan fingerprint density at radius 1 is 1.53 bits per heavy atom. The molecule has 1 fully saturated rings. The third kappa shape index (κ3) is 2.62. The van der Waals surface area contributed by atoms with Crippen molar-refractivity contribution in [2.75, 3.05) is 6.54 Å². The first kappa shape index (κ1) is 12.0. The quantitative estimate of drug-likeness (QED) is 0.816. The van der Waals surface area contributed by atoms with Crippen LogP contribution in [0, 0.1) is 11.4 Å². The van der Waals surface area contributed by atoms with Crippen LogP contribution >= 0.6 is 0 Å². The molecule has 1 saturated carbocycles. The summed E-state index contributed by atoms with van der Waals surface area (Å²) in [5, 5.41) is 2.85. The van der Waals surface area contributed by atoms with Crippen LogP contribution in [0.15, 0.2) is 18.2 Å². The van der Waals surface area contributed by atoms with E-state index in [1.807, 2.05) is 0 Å². The van der Waals surface area contributed by atoms with Crippen LogP contribution in [0.25, 0.3) is 0 Å². The minimum absolute atomic E-state index is 0.149. The fraction of sp³-hybridized carbons (Fsp3) is 0.538. The van der Waals surface area contributed by atoms with Crippen molar-refractivity contribution in [3.8, 4) is 0 Å². The molecule has 0 unspecified atom stereocenters. The molecule has 0 aliphatic heterocycles. The zero-order valence-corrected chi connectivity index (χ0v) is 10.0. The third-order valence-corrected chi connectivity index (χ3v) is 3.74. The summed E-state index contributed by atoms with van der Waals surface area (Å²) >= 11 is 0. The summed E-state index contributed by atoms with van der Waals surface area (Å²) in [6.45, 7) is 2.81. The van der Waals surface area contributed by atoms with Crippen LogP contribution in [0.5, 0.6) is 0 Å². The molecule has 1 aromatic rings. The van der Waals surface area contributed by atoms with Gasteiger partial charge in [0, 0.05) is 6.54 Å². The number of hydrogen-bond acceptors (Lipinski definition) is 2. The number of nitrogens with one attached hydrogen (secondary N) is 1. The SMILES string of the molecule is CCC1(CNC(=O)c2cccc(F)n2)CCC1. The van der Waals surface area contributed by atoms with Gasteiger partial charge >= 0.3 is 0 Å².